The van der Waals surface area contributed by atoms with Crippen molar-refractivity contribution in [1.82, 2.24) is 19.6 Å². The SMILES string of the molecule is CCOC(=O)c1cc2nc(-c3ccccn3)cc(-c3ccccc3)n2n1. The molecule has 0 saturated heterocycles. The molecule has 4 aromatic rings. The minimum atomic E-state index is -0.462. The Hall–Kier alpha value is -3.54. The predicted octanol–water partition coefficient (Wildman–Crippen LogP) is 3.64. The highest BCUT2D eigenvalue weighted by Gasteiger charge is 2.17. The predicted molar refractivity (Wildman–Crippen MR) is 97.6 cm³/mol. The van der Waals surface area contributed by atoms with Gasteiger partial charge in [0.05, 0.1) is 23.7 Å². The van der Waals surface area contributed by atoms with Crippen LogP contribution < -0.4 is 0 Å². The van der Waals surface area contributed by atoms with E-state index in [0.29, 0.717) is 17.9 Å². The van der Waals surface area contributed by atoms with Crippen molar-refractivity contribution in [2.75, 3.05) is 6.61 Å². The van der Waals surface area contributed by atoms with Crippen molar-refractivity contribution in [3.63, 3.8) is 0 Å². The van der Waals surface area contributed by atoms with Crippen LogP contribution in [0.3, 0.4) is 0 Å². The van der Waals surface area contributed by atoms with E-state index < -0.39 is 5.97 Å². The standard InChI is InChI=1S/C20H16N4O2/c1-2-26-20(25)17-13-19-22-16(15-10-6-7-11-21-15)12-18(24(19)23-17)14-8-4-3-5-9-14/h3-13H,2H2,1H3. The Morgan fingerprint density at radius 2 is 1.85 bits per heavy atom. The molecule has 0 spiro atoms. The topological polar surface area (TPSA) is 69.4 Å². The van der Waals surface area contributed by atoms with Gasteiger partial charge in [-0.1, -0.05) is 36.4 Å². The Balaban J connectivity index is 1.95. The van der Waals surface area contributed by atoms with Crippen LogP contribution in [0, 0.1) is 0 Å². The number of esters is 1. The number of aromatic nitrogens is 4. The van der Waals surface area contributed by atoms with Crippen LogP contribution in [-0.4, -0.2) is 32.2 Å². The minimum absolute atomic E-state index is 0.231. The third kappa shape index (κ3) is 2.93. The largest absolute Gasteiger partial charge is 0.461 e. The summed E-state index contributed by atoms with van der Waals surface area (Å²) in [4.78, 5) is 21.1. The summed E-state index contributed by atoms with van der Waals surface area (Å²) in [6.45, 7) is 2.06. The summed E-state index contributed by atoms with van der Waals surface area (Å²) >= 11 is 0. The fourth-order valence-electron chi connectivity index (χ4n) is 2.74. The minimum Gasteiger partial charge on any atom is -0.461 e. The number of carbonyl (C=O) groups is 1. The van der Waals surface area contributed by atoms with Crippen LogP contribution in [0.2, 0.25) is 0 Å². The lowest BCUT2D eigenvalue weighted by Gasteiger charge is -2.08. The molecule has 26 heavy (non-hydrogen) atoms. The Morgan fingerprint density at radius 1 is 1.04 bits per heavy atom. The Morgan fingerprint density at radius 3 is 2.58 bits per heavy atom. The number of nitrogens with zero attached hydrogens (tertiary/aromatic N) is 4. The van der Waals surface area contributed by atoms with Crippen molar-refractivity contribution >= 4 is 11.6 Å². The second-order valence-corrected chi connectivity index (χ2v) is 5.63. The molecule has 3 aromatic heterocycles. The summed E-state index contributed by atoms with van der Waals surface area (Å²) in [5, 5.41) is 4.40. The second-order valence-electron chi connectivity index (χ2n) is 5.63. The molecule has 0 aliphatic heterocycles. The van der Waals surface area contributed by atoms with Crippen LogP contribution in [-0.2, 0) is 4.74 Å². The molecule has 0 aliphatic carbocycles. The number of benzene rings is 1. The third-order valence-corrected chi connectivity index (χ3v) is 3.91. The molecule has 4 rings (SSSR count). The Labute approximate surface area is 150 Å². The molecule has 0 saturated carbocycles. The van der Waals surface area contributed by atoms with Crippen LogP contribution in [0.15, 0.2) is 66.9 Å². The molecule has 0 unspecified atom stereocenters. The zero-order valence-corrected chi connectivity index (χ0v) is 14.2. The van der Waals surface area contributed by atoms with Crippen molar-refractivity contribution in [2.45, 2.75) is 6.92 Å². The summed E-state index contributed by atoms with van der Waals surface area (Å²) in [6.07, 6.45) is 1.73. The molecule has 0 N–H and O–H groups in total. The first-order valence-electron chi connectivity index (χ1n) is 8.31. The molecule has 0 atom stereocenters. The van der Waals surface area contributed by atoms with E-state index in [1.807, 2.05) is 54.6 Å². The van der Waals surface area contributed by atoms with Gasteiger partial charge in [0.25, 0.3) is 0 Å². The zero-order valence-electron chi connectivity index (χ0n) is 14.2. The molecule has 3 heterocycles. The molecule has 1 aromatic carbocycles. The van der Waals surface area contributed by atoms with E-state index in [1.54, 1.807) is 23.7 Å². The lowest BCUT2D eigenvalue weighted by atomic mass is 10.1. The number of pyridine rings is 1. The highest BCUT2D eigenvalue weighted by molar-refractivity contribution is 5.89. The number of ether oxygens (including phenoxy) is 1. The molecule has 0 bridgehead atoms. The van der Waals surface area contributed by atoms with Crippen LogP contribution in [0.1, 0.15) is 17.4 Å². The van der Waals surface area contributed by atoms with Gasteiger partial charge in [0.1, 0.15) is 0 Å². The Kier molecular flexibility index (Phi) is 4.15. The van der Waals surface area contributed by atoms with Crippen molar-refractivity contribution in [3.05, 3.63) is 72.6 Å². The van der Waals surface area contributed by atoms with Gasteiger partial charge in [-0.15, -0.1) is 0 Å². The molecule has 128 valence electrons. The van der Waals surface area contributed by atoms with Crippen molar-refractivity contribution in [3.8, 4) is 22.6 Å². The summed E-state index contributed by atoms with van der Waals surface area (Å²) in [5.41, 5.74) is 4.06. The van der Waals surface area contributed by atoms with E-state index in [1.165, 1.54) is 0 Å². The van der Waals surface area contributed by atoms with Gasteiger partial charge >= 0.3 is 5.97 Å². The van der Waals surface area contributed by atoms with Gasteiger partial charge in [-0.05, 0) is 25.1 Å². The average molecular weight is 344 g/mol. The number of hydrogen-bond donors (Lipinski definition) is 0. The maximum atomic E-state index is 12.1. The molecular weight excluding hydrogens is 328 g/mol. The molecule has 0 fully saturated rings. The lowest BCUT2D eigenvalue weighted by molar-refractivity contribution is 0.0519. The van der Waals surface area contributed by atoms with Crippen LogP contribution in [0.25, 0.3) is 28.3 Å². The van der Waals surface area contributed by atoms with Crippen LogP contribution >= 0.6 is 0 Å². The first kappa shape index (κ1) is 16.0. The Bertz CT molecular complexity index is 1060. The van der Waals surface area contributed by atoms with Gasteiger partial charge in [-0.2, -0.15) is 5.10 Å². The van der Waals surface area contributed by atoms with E-state index in [-0.39, 0.29) is 5.69 Å². The quantitative estimate of drug-likeness (QED) is 0.529. The first-order valence-corrected chi connectivity index (χ1v) is 8.31. The number of carbonyl (C=O) groups excluding carboxylic acids is 1. The maximum Gasteiger partial charge on any atom is 0.358 e. The van der Waals surface area contributed by atoms with E-state index in [4.69, 9.17) is 4.74 Å². The van der Waals surface area contributed by atoms with Gasteiger partial charge in [-0.3, -0.25) is 4.98 Å². The highest BCUT2D eigenvalue weighted by Crippen LogP contribution is 2.25. The van der Waals surface area contributed by atoms with Gasteiger partial charge in [-0.25, -0.2) is 14.3 Å². The van der Waals surface area contributed by atoms with Gasteiger partial charge < -0.3 is 4.74 Å². The van der Waals surface area contributed by atoms with E-state index in [9.17, 15) is 4.79 Å². The molecule has 0 aliphatic rings. The van der Waals surface area contributed by atoms with Crippen molar-refractivity contribution < 1.29 is 9.53 Å². The van der Waals surface area contributed by atoms with Crippen molar-refractivity contribution in [2.24, 2.45) is 0 Å². The summed E-state index contributed by atoms with van der Waals surface area (Å²) in [6, 6.07) is 19.1. The maximum absolute atomic E-state index is 12.1. The fourth-order valence-corrected chi connectivity index (χ4v) is 2.74. The highest BCUT2D eigenvalue weighted by atomic mass is 16.5. The van der Waals surface area contributed by atoms with Gasteiger partial charge in [0, 0.05) is 17.8 Å². The molecule has 6 heteroatoms. The van der Waals surface area contributed by atoms with E-state index in [0.717, 1.165) is 17.0 Å². The zero-order chi connectivity index (χ0) is 17.9. The van der Waals surface area contributed by atoms with E-state index >= 15 is 0 Å². The molecular formula is C20H16N4O2. The third-order valence-electron chi connectivity index (χ3n) is 3.91. The van der Waals surface area contributed by atoms with Crippen molar-refractivity contribution in [1.29, 1.82) is 0 Å². The lowest BCUT2D eigenvalue weighted by Crippen LogP contribution is -2.06. The van der Waals surface area contributed by atoms with E-state index in [2.05, 4.69) is 15.1 Å². The molecule has 0 radical (unpaired) electrons. The number of rotatable bonds is 4. The van der Waals surface area contributed by atoms with Gasteiger partial charge in [0.15, 0.2) is 11.3 Å². The number of fused-ring (bicyclic) bond motifs is 1. The summed E-state index contributed by atoms with van der Waals surface area (Å²) < 4.78 is 6.72. The summed E-state index contributed by atoms with van der Waals surface area (Å²) in [5.74, 6) is -0.462. The van der Waals surface area contributed by atoms with Crippen LogP contribution in [0.4, 0.5) is 0 Å². The normalized spacial score (nSPS) is 10.8. The smallest absolute Gasteiger partial charge is 0.358 e. The average Bonchev–Trinajstić information content (AvgIpc) is 3.13. The molecule has 6 nitrogen and oxygen atoms in total. The van der Waals surface area contributed by atoms with Crippen LogP contribution in [0.5, 0.6) is 0 Å². The fraction of sp³-hybridized carbons (Fsp3) is 0.100. The summed E-state index contributed by atoms with van der Waals surface area (Å²) in [7, 11) is 0. The molecule has 0 amide bonds. The number of hydrogen-bond acceptors (Lipinski definition) is 5. The second kappa shape index (κ2) is 6.76. The van der Waals surface area contributed by atoms with Gasteiger partial charge in [0.2, 0.25) is 0 Å². The first-order chi connectivity index (χ1) is 12.8. The monoisotopic (exact) mass is 344 g/mol.